The molecule has 0 saturated heterocycles. The van der Waals surface area contributed by atoms with Crippen LogP contribution in [0.25, 0.3) is 0 Å². The van der Waals surface area contributed by atoms with Gasteiger partial charge in [0, 0.05) is 6.42 Å². The molecule has 0 saturated carbocycles. The van der Waals surface area contributed by atoms with Crippen LogP contribution in [-0.4, -0.2) is 5.11 Å². The normalized spacial score (nSPS) is 12.0. The summed E-state index contributed by atoms with van der Waals surface area (Å²) in [6.45, 7) is 3.79. The third-order valence-electron chi connectivity index (χ3n) is 0.709. The van der Waals surface area contributed by atoms with Crippen molar-refractivity contribution in [3.63, 3.8) is 0 Å². The van der Waals surface area contributed by atoms with Crippen molar-refractivity contribution in [2.45, 2.75) is 20.3 Å². The molecule has 41 valence electrons. The van der Waals surface area contributed by atoms with Crippen LogP contribution in [0.4, 0.5) is 0 Å². The molecule has 0 bridgehead atoms. The number of aliphatic hydroxyl groups is 1. The molecule has 7 heavy (non-hydrogen) atoms. The lowest BCUT2D eigenvalue weighted by molar-refractivity contribution is 0.416. The minimum atomic E-state index is 0.377. The Hall–Kier alpha value is -0.460. The molecule has 0 fully saturated rings. The maximum Gasteiger partial charge on any atom is 0.0918 e. The Morgan fingerprint density at radius 3 is 2.43 bits per heavy atom. The lowest BCUT2D eigenvalue weighted by Crippen LogP contribution is -1.77. The van der Waals surface area contributed by atoms with Gasteiger partial charge < -0.3 is 5.11 Å². The number of rotatable bonds is 2. The Labute approximate surface area is 44.7 Å². The molecule has 0 aliphatic carbocycles. The Kier molecular flexibility index (Phi) is 3.48. The van der Waals surface area contributed by atoms with E-state index in [9.17, 15) is 0 Å². The first-order valence-electron chi connectivity index (χ1n) is 2.49. The summed E-state index contributed by atoms with van der Waals surface area (Å²) in [4.78, 5) is 0. The molecule has 0 aliphatic heterocycles. The molecule has 1 nitrogen and oxygen atoms in total. The number of hydrogen-bond acceptors (Lipinski definition) is 1. The minimum Gasteiger partial charge on any atom is -0.512 e. The summed E-state index contributed by atoms with van der Waals surface area (Å²) < 4.78 is 0. The summed E-state index contributed by atoms with van der Waals surface area (Å²) >= 11 is 0. The zero-order valence-corrected chi connectivity index (χ0v) is 4.81. The zero-order chi connectivity index (χ0) is 5.70. The second-order valence-corrected chi connectivity index (χ2v) is 1.33. The lowest BCUT2D eigenvalue weighted by Gasteiger charge is -1.89. The van der Waals surface area contributed by atoms with Gasteiger partial charge in [-0.1, -0.05) is 6.92 Å². The number of allylic oxidation sites excluding steroid dienone is 2. The molecule has 1 radical (unpaired) electrons. The van der Waals surface area contributed by atoms with Crippen LogP contribution in [0, 0.1) is 6.42 Å². The highest BCUT2D eigenvalue weighted by Crippen LogP contribution is 1.95. The van der Waals surface area contributed by atoms with Crippen molar-refractivity contribution in [1.29, 1.82) is 0 Å². The minimum absolute atomic E-state index is 0.377. The Morgan fingerprint density at radius 1 is 1.71 bits per heavy atom. The molecular weight excluding hydrogens is 88.1 g/mol. The van der Waals surface area contributed by atoms with Gasteiger partial charge in [0.15, 0.2) is 0 Å². The van der Waals surface area contributed by atoms with E-state index in [0.29, 0.717) is 5.76 Å². The first-order valence-corrected chi connectivity index (χ1v) is 2.49. The molecule has 1 N–H and O–H groups in total. The van der Waals surface area contributed by atoms with Crippen LogP contribution in [0.2, 0.25) is 0 Å². The van der Waals surface area contributed by atoms with E-state index < -0.39 is 0 Å². The van der Waals surface area contributed by atoms with Crippen molar-refractivity contribution in [3.05, 3.63) is 18.3 Å². The lowest BCUT2D eigenvalue weighted by atomic mass is 10.3. The Morgan fingerprint density at radius 2 is 2.29 bits per heavy atom. The molecule has 0 heterocycles. The molecule has 0 amide bonds. The van der Waals surface area contributed by atoms with Crippen LogP contribution < -0.4 is 0 Å². The van der Waals surface area contributed by atoms with Crippen LogP contribution in [0.1, 0.15) is 20.3 Å². The zero-order valence-electron chi connectivity index (χ0n) is 4.81. The fourth-order valence-electron chi connectivity index (χ4n) is 0.327. The molecule has 1 heteroatoms. The summed E-state index contributed by atoms with van der Waals surface area (Å²) in [6, 6.07) is 0. The van der Waals surface area contributed by atoms with Crippen molar-refractivity contribution < 1.29 is 5.11 Å². The molecule has 0 atom stereocenters. The number of aliphatic hydroxyl groups excluding tert-OH is 1. The van der Waals surface area contributed by atoms with E-state index in [4.69, 9.17) is 5.11 Å². The molecular formula is C6H11O. The highest BCUT2D eigenvalue weighted by Gasteiger charge is 1.83. The first-order chi connectivity index (χ1) is 3.31. The van der Waals surface area contributed by atoms with Crippen molar-refractivity contribution >= 4 is 0 Å². The van der Waals surface area contributed by atoms with Crippen molar-refractivity contribution in [2.24, 2.45) is 0 Å². The average molecular weight is 99.2 g/mol. The maximum atomic E-state index is 8.66. The van der Waals surface area contributed by atoms with E-state index in [0.717, 1.165) is 6.42 Å². The van der Waals surface area contributed by atoms with Gasteiger partial charge in [0.05, 0.1) is 5.76 Å². The van der Waals surface area contributed by atoms with Crippen LogP contribution >= 0.6 is 0 Å². The van der Waals surface area contributed by atoms with E-state index in [1.807, 2.05) is 13.8 Å². The second kappa shape index (κ2) is 3.72. The average Bonchev–Trinajstić information content (AvgIpc) is 1.68. The highest BCUT2D eigenvalue weighted by atomic mass is 16.3. The quantitative estimate of drug-likeness (QED) is 0.525. The van der Waals surface area contributed by atoms with Crippen molar-refractivity contribution in [1.82, 2.24) is 0 Å². The van der Waals surface area contributed by atoms with Gasteiger partial charge in [-0.15, -0.1) is 0 Å². The molecule has 0 aliphatic rings. The van der Waals surface area contributed by atoms with Gasteiger partial charge in [0.25, 0.3) is 0 Å². The fourth-order valence-corrected chi connectivity index (χ4v) is 0.327. The molecule has 0 aromatic carbocycles. The van der Waals surface area contributed by atoms with Gasteiger partial charge in [-0.3, -0.25) is 0 Å². The summed E-state index contributed by atoms with van der Waals surface area (Å²) in [6.07, 6.45) is 4.33. The van der Waals surface area contributed by atoms with Gasteiger partial charge >= 0.3 is 0 Å². The predicted molar refractivity (Wildman–Crippen MR) is 31.0 cm³/mol. The summed E-state index contributed by atoms with van der Waals surface area (Å²) in [5.41, 5.74) is 0. The largest absolute Gasteiger partial charge is 0.512 e. The summed E-state index contributed by atoms with van der Waals surface area (Å²) in [5, 5.41) is 8.66. The van der Waals surface area contributed by atoms with Crippen LogP contribution in [0.5, 0.6) is 0 Å². The van der Waals surface area contributed by atoms with Gasteiger partial charge in [0.1, 0.15) is 0 Å². The summed E-state index contributed by atoms with van der Waals surface area (Å²) in [5.74, 6) is 0.377. The standard InChI is InChI=1S/C6H11O/c1-3-5-6(7)4-2/h4-5,7H,3H2,1-2H3/b6-4+. The maximum absolute atomic E-state index is 8.66. The van der Waals surface area contributed by atoms with Crippen LogP contribution in [0.3, 0.4) is 0 Å². The second-order valence-electron chi connectivity index (χ2n) is 1.33. The van der Waals surface area contributed by atoms with E-state index in [1.54, 1.807) is 12.5 Å². The van der Waals surface area contributed by atoms with Crippen molar-refractivity contribution in [3.8, 4) is 0 Å². The van der Waals surface area contributed by atoms with Crippen molar-refractivity contribution in [2.75, 3.05) is 0 Å². The van der Waals surface area contributed by atoms with Gasteiger partial charge in [-0.2, -0.15) is 0 Å². The Bertz CT molecular complexity index is 64.6. The van der Waals surface area contributed by atoms with Gasteiger partial charge in [0.2, 0.25) is 0 Å². The Balaban J connectivity index is 3.17. The molecule has 0 aromatic heterocycles. The highest BCUT2D eigenvalue weighted by molar-refractivity contribution is 5.00. The number of hydrogen-bond donors (Lipinski definition) is 1. The molecule has 0 rings (SSSR count). The van der Waals surface area contributed by atoms with E-state index in [-0.39, 0.29) is 0 Å². The van der Waals surface area contributed by atoms with E-state index in [1.165, 1.54) is 0 Å². The molecule has 0 spiro atoms. The smallest absolute Gasteiger partial charge is 0.0918 e. The van der Waals surface area contributed by atoms with Crippen LogP contribution in [-0.2, 0) is 0 Å². The van der Waals surface area contributed by atoms with Gasteiger partial charge in [-0.25, -0.2) is 0 Å². The fraction of sp³-hybridized carbons (Fsp3) is 0.500. The predicted octanol–water partition coefficient (Wildman–Crippen LogP) is 2.06. The van der Waals surface area contributed by atoms with Gasteiger partial charge in [-0.05, 0) is 19.4 Å². The molecule has 0 aromatic rings. The third kappa shape index (κ3) is 3.37. The van der Waals surface area contributed by atoms with E-state index >= 15 is 0 Å². The monoisotopic (exact) mass is 99.1 g/mol. The third-order valence-corrected chi connectivity index (χ3v) is 0.709. The first kappa shape index (κ1) is 6.54. The van der Waals surface area contributed by atoms with E-state index in [2.05, 4.69) is 0 Å². The molecule has 0 unspecified atom stereocenters. The van der Waals surface area contributed by atoms with Crippen LogP contribution in [0.15, 0.2) is 11.8 Å². The SMILES string of the molecule is C/C=C(/O)[CH]CC. The summed E-state index contributed by atoms with van der Waals surface area (Å²) in [7, 11) is 0. The topological polar surface area (TPSA) is 20.2 Å².